The fourth-order valence-corrected chi connectivity index (χ4v) is 3.06. The molecule has 1 aliphatic rings. The Bertz CT molecular complexity index is 635. The van der Waals surface area contributed by atoms with Crippen molar-refractivity contribution >= 4 is 0 Å². The van der Waals surface area contributed by atoms with E-state index >= 15 is 0 Å². The Kier molecular flexibility index (Phi) is 4.01. The number of fused-ring (bicyclic) bond motifs is 1. The number of pyridine rings is 1. The molecule has 2 heterocycles. The zero-order valence-electron chi connectivity index (χ0n) is 13.0. The summed E-state index contributed by atoms with van der Waals surface area (Å²) >= 11 is 0. The first-order chi connectivity index (χ1) is 10.1. The number of rotatable bonds is 4. The van der Waals surface area contributed by atoms with Crippen molar-refractivity contribution in [2.24, 2.45) is 0 Å². The highest BCUT2D eigenvalue weighted by Crippen LogP contribution is 2.25. The van der Waals surface area contributed by atoms with Gasteiger partial charge in [0.15, 0.2) is 0 Å². The van der Waals surface area contributed by atoms with Crippen molar-refractivity contribution < 1.29 is 4.42 Å². The summed E-state index contributed by atoms with van der Waals surface area (Å²) in [7, 11) is 2.09. The van der Waals surface area contributed by atoms with E-state index in [0.717, 1.165) is 25.1 Å². The maximum atomic E-state index is 5.45. The minimum absolute atomic E-state index is 0.621. The smallest absolute Gasteiger partial charge is 0.230 e. The summed E-state index contributed by atoms with van der Waals surface area (Å²) in [4.78, 5) is 6.93. The highest BCUT2D eigenvalue weighted by atomic mass is 16.4. The van der Waals surface area contributed by atoms with E-state index in [4.69, 9.17) is 9.40 Å². The van der Waals surface area contributed by atoms with Crippen molar-refractivity contribution in [1.29, 1.82) is 0 Å². The maximum absolute atomic E-state index is 5.45. The molecule has 2 aromatic rings. The SMILES string of the molecule is Cc1cc(CN(C)Cc2nnc(C)o2)c2c(n1)CCCC2. The van der Waals surface area contributed by atoms with Gasteiger partial charge in [-0.1, -0.05) is 0 Å². The highest BCUT2D eigenvalue weighted by Gasteiger charge is 2.17. The minimum atomic E-state index is 0.621. The van der Waals surface area contributed by atoms with Gasteiger partial charge in [0.1, 0.15) is 0 Å². The number of nitrogens with zero attached hydrogens (tertiary/aromatic N) is 4. The Morgan fingerprint density at radius 2 is 1.95 bits per heavy atom. The van der Waals surface area contributed by atoms with Crippen LogP contribution in [-0.4, -0.2) is 27.1 Å². The van der Waals surface area contributed by atoms with Crippen LogP contribution >= 0.6 is 0 Å². The van der Waals surface area contributed by atoms with E-state index in [1.807, 2.05) is 6.92 Å². The second kappa shape index (κ2) is 5.93. The van der Waals surface area contributed by atoms with E-state index in [1.165, 1.54) is 29.7 Å². The maximum Gasteiger partial charge on any atom is 0.230 e. The molecule has 1 aliphatic carbocycles. The lowest BCUT2D eigenvalue weighted by Gasteiger charge is -2.22. The number of hydrogen-bond acceptors (Lipinski definition) is 5. The van der Waals surface area contributed by atoms with Crippen LogP contribution in [0.3, 0.4) is 0 Å². The van der Waals surface area contributed by atoms with Crippen LogP contribution in [0.5, 0.6) is 0 Å². The Morgan fingerprint density at radius 3 is 2.71 bits per heavy atom. The van der Waals surface area contributed by atoms with Crippen LogP contribution in [-0.2, 0) is 25.9 Å². The van der Waals surface area contributed by atoms with Gasteiger partial charge in [0.25, 0.3) is 0 Å². The summed E-state index contributed by atoms with van der Waals surface area (Å²) in [6.45, 7) is 5.48. The molecule has 3 rings (SSSR count). The van der Waals surface area contributed by atoms with Crippen LogP contribution in [0.25, 0.3) is 0 Å². The lowest BCUT2D eigenvalue weighted by atomic mass is 9.91. The molecule has 112 valence electrons. The third-order valence-electron chi connectivity index (χ3n) is 3.93. The molecule has 0 saturated heterocycles. The summed E-state index contributed by atoms with van der Waals surface area (Å²) in [5, 5.41) is 7.94. The summed E-state index contributed by atoms with van der Waals surface area (Å²) in [6.07, 6.45) is 4.82. The van der Waals surface area contributed by atoms with Crippen molar-refractivity contribution in [3.8, 4) is 0 Å². The van der Waals surface area contributed by atoms with Crippen LogP contribution in [0, 0.1) is 13.8 Å². The molecule has 0 radical (unpaired) electrons. The summed E-state index contributed by atoms with van der Waals surface area (Å²) in [5.74, 6) is 1.30. The molecule has 0 atom stereocenters. The number of aryl methyl sites for hydroxylation is 3. The van der Waals surface area contributed by atoms with Crippen LogP contribution < -0.4 is 0 Å². The normalized spacial score (nSPS) is 14.5. The van der Waals surface area contributed by atoms with E-state index in [1.54, 1.807) is 0 Å². The lowest BCUT2D eigenvalue weighted by molar-refractivity contribution is 0.277. The molecule has 5 nitrogen and oxygen atoms in total. The predicted molar refractivity (Wildman–Crippen MR) is 79.8 cm³/mol. The van der Waals surface area contributed by atoms with Crippen molar-refractivity contribution in [2.45, 2.75) is 52.6 Å². The van der Waals surface area contributed by atoms with Crippen molar-refractivity contribution in [1.82, 2.24) is 20.1 Å². The molecule has 0 saturated carbocycles. The minimum Gasteiger partial charge on any atom is -0.424 e. The van der Waals surface area contributed by atoms with Gasteiger partial charge in [0, 0.05) is 24.9 Å². The van der Waals surface area contributed by atoms with Crippen LogP contribution in [0.2, 0.25) is 0 Å². The number of hydrogen-bond donors (Lipinski definition) is 0. The molecule has 0 N–H and O–H groups in total. The highest BCUT2D eigenvalue weighted by molar-refractivity contribution is 5.34. The van der Waals surface area contributed by atoms with Gasteiger partial charge in [-0.2, -0.15) is 0 Å². The quantitative estimate of drug-likeness (QED) is 0.864. The molecule has 0 bridgehead atoms. The largest absolute Gasteiger partial charge is 0.424 e. The monoisotopic (exact) mass is 286 g/mol. The summed E-state index contributed by atoms with van der Waals surface area (Å²) in [6, 6.07) is 2.22. The van der Waals surface area contributed by atoms with Crippen molar-refractivity contribution in [3.05, 3.63) is 40.4 Å². The van der Waals surface area contributed by atoms with E-state index in [-0.39, 0.29) is 0 Å². The molecule has 0 unspecified atom stereocenters. The van der Waals surface area contributed by atoms with Gasteiger partial charge in [0.05, 0.1) is 6.54 Å². The molecule has 5 heteroatoms. The molecule has 0 fully saturated rings. The molecular weight excluding hydrogens is 264 g/mol. The van der Waals surface area contributed by atoms with Gasteiger partial charge in [0.2, 0.25) is 11.8 Å². The van der Waals surface area contributed by atoms with Crippen LogP contribution in [0.4, 0.5) is 0 Å². The first kappa shape index (κ1) is 14.2. The van der Waals surface area contributed by atoms with Gasteiger partial charge in [-0.25, -0.2) is 0 Å². The van der Waals surface area contributed by atoms with Gasteiger partial charge < -0.3 is 4.42 Å². The molecule has 0 spiro atoms. The van der Waals surface area contributed by atoms with Crippen molar-refractivity contribution in [2.75, 3.05) is 7.05 Å². The zero-order chi connectivity index (χ0) is 14.8. The average molecular weight is 286 g/mol. The fraction of sp³-hybridized carbons (Fsp3) is 0.562. The number of aromatic nitrogens is 3. The molecule has 2 aromatic heterocycles. The molecule has 0 aliphatic heterocycles. The second-order valence-corrected chi connectivity index (χ2v) is 5.94. The van der Waals surface area contributed by atoms with Crippen LogP contribution in [0.15, 0.2) is 10.5 Å². The van der Waals surface area contributed by atoms with Gasteiger partial charge in [-0.3, -0.25) is 9.88 Å². The molecular formula is C16H22N4O. The average Bonchev–Trinajstić information content (AvgIpc) is 2.83. The summed E-state index contributed by atoms with van der Waals surface area (Å²) in [5.41, 5.74) is 5.28. The lowest BCUT2D eigenvalue weighted by Crippen LogP contribution is -2.20. The van der Waals surface area contributed by atoms with E-state index in [0.29, 0.717) is 18.3 Å². The third kappa shape index (κ3) is 3.29. The Hall–Kier alpha value is -1.75. The Labute approximate surface area is 125 Å². The Morgan fingerprint density at radius 1 is 1.14 bits per heavy atom. The standard InChI is InChI=1S/C16H22N4O/c1-11-8-13(14-6-4-5-7-15(14)17-11)9-20(3)10-16-19-18-12(2)21-16/h8H,4-7,9-10H2,1-3H3. The first-order valence-corrected chi connectivity index (χ1v) is 7.57. The molecule has 0 amide bonds. The van der Waals surface area contributed by atoms with E-state index in [2.05, 4.69) is 35.1 Å². The van der Waals surface area contributed by atoms with E-state index in [9.17, 15) is 0 Å². The first-order valence-electron chi connectivity index (χ1n) is 7.57. The van der Waals surface area contributed by atoms with Crippen LogP contribution in [0.1, 0.15) is 47.1 Å². The van der Waals surface area contributed by atoms with Crippen molar-refractivity contribution in [3.63, 3.8) is 0 Å². The second-order valence-electron chi connectivity index (χ2n) is 5.94. The third-order valence-corrected chi connectivity index (χ3v) is 3.93. The molecule has 21 heavy (non-hydrogen) atoms. The van der Waals surface area contributed by atoms with Gasteiger partial charge in [-0.15, -0.1) is 10.2 Å². The zero-order valence-corrected chi connectivity index (χ0v) is 13.0. The van der Waals surface area contributed by atoms with E-state index < -0.39 is 0 Å². The summed E-state index contributed by atoms with van der Waals surface area (Å²) < 4.78 is 5.45. The topological polar surface area (TPSA) is 55.1 Å². The predicted octanol–water partition coefficient (Wildman–Crippen LogP) is 2.59. The molecule has 0 aromatic carbocycles. The fourth-order valence-electron chi connectivity index (χ4n) is 3.06. The Balaban J connectivity index is 1.76. The van der Waals surface area contributed by atoms with Gasteiger partial charge in [-0.05, 0) is 56.8 Å². The van der Waals surface area contributed by atoms with Gasteiger partial charge >= 0.3 is 0 Å².